The van der Waals surface area contributed by atoms with Crippen LogP contribution in [0.3, 0.4) is 0 Å². The van der Waals surface area contributed by atoms with Crippen LogP contribution in [0.4, 0.5) is 5.69 Å². The molecule has 1 aromatic heterocycles. The van der Waals surface area contributed by atoms with E-state index in [4.69, 9.17) is 26.3 Å². The molecule has 7 rings (SSSR count). The Balaban J connectivity index is 1.06. The third-order valence-corrected chi connectivity index (χ3v) is 9.80. The maximum Gasteiger partial charge on any atom is 0.254 e. The van der Waals surface area contributed by atoms with Crippen molar-refractivity contribution in [3.63, 3.8) is 0 Å². The predicted octanol–water partition coefficient (Wildman–Crippen LogP) is 6.26. The highest BCUT2D eigenvalue weighted by atomic mass is 35.5. The number of carbonyl (C=O) groups excluding carboxylic acids is 1. The van der Waals surface area contributed by atoms with Crippen LogP contribution in [-0.2, 0) is 10.3 Å². The monoisotopic (exact) mass is 650 g/mol. The van der Waals surface area contributed by atoms with Crippen molar-refractivity contribution in [3.05, 3.63) is 119 Å². The van der Waals surface area contributed by atoms with Crippen LogP contribution in [0.1, 0.15) is 60.3 Å². The lowest BCUT2D eigenvalue weighted by molar-refractivity contribution is -0.0247. The third-order valence-electron chi connectivity index (χ3n) is 9.55. The SMILES string of the molecule is CCC1CC(=Nc2ccc(C(=O)N3CCOC(c4ccccn4)C3)cc2)N=C2C(N3CCC(O)(c4ccc(Cl)cc4)CC3)=CC=CN21. The minimum Gasteiger partial charge on any atom is -0.385 e. The van der Waals surface area contributed by atoms with E-state index in [9.17, 15) is 9.90 Å². The summed E-state index contributed by atoms with van der Waals surface area (Å²) in [5, 5.41) is 12.1. The van der Waals surface area contributed by atoms with Gasteiger partial charge >= 0.3 is 0 Å². The summed E-state index contributed by atoms with van der Waals surface area (Å²) in [7, 11) is 0. The standard InChI is InChI=1S/C37H39ClN6O3/c1-2-30-24-34(40-29-14-8-26(9-15-29)36(45)43-22-23-47-33(25-43)31-6-3-4-18-39-31)41-35-32(7-5-19-44(30)35)42-20-16-37(46,17-21-42)27-10-12-28(38)13-11-27/h3-15,18-19,30,33,46H,2,16-17,20-25H2,1H3. The highest BCUT2D eigenvalue weighted by Crippen LogP contribution is 2.36. The number of hydrogen-bond donors (Lipinski definition) is 1. The number of likely N-dealkylation sites (tertiary alicyclic amines) is 1. The molecule has 2 saturated heterocycles. The molecular weight excluding hydrogens is 612 g/mol. The van der Waals surface area contributed by atoms with Gasteiger partial charge in [-0.15, -0.1) is 0 Å². The number of allylic oxidation sites excluding steroid dienone is 2. The number of carbonyl (C=O) groups is 1. The first-order chi connectivity index (χ1) is 22.9. The van der Waals surface area contributed by atoms with Crippen LogP contribution >= 0.6 is 11.6 Å². The molecule has 2 unspecified atom stereocenters. The van der Waals surface area contributed by atoms with Gasteiger partial charge in [-0.2, -0.15) is 0 Å². The molecular formula is C37H39ClN6O3. The summed E-state index contributed by atoms with van der Waals surface area (Å²) in [5.74, 6) is 1.63. The topological polar surface area (TPSA) is 93.9 Å². The Morgan fingerprint density at radius 1 is 1.06 bits per heavy atom. The Bertz CT molecular complexity index is 1710. The van der Waals surface area contributed by atoms with Gasteiger partial charge in [-0.05, 0) is 85.5 Å². The molecule has 0 spiro atoms. The minimum absolute atomic E-state index is 0.0266. The van der Waals surface area contributed by atoms with Crippen LogP contribution in [0, 0.1) is 0 Å². The van der Waals surface area contributed by atoms with Crippen LogP contribution < -0.4 is 0 Å². The molecule has 0 radical (unpaired) electrons. The highest BCUT2D eigenvalue weighted by Gasteiger charge is 2.38. The first-order valence-electron chi connectivity index (χ1n) is 16.4. The summed E-state index contributed by atoms with van der Waals surface area (Å²) < 4.78 is 5.90. The van der Waals surface area contributed by atoms with Crippen LogP contribution in [0.5, 0.6) is 0 Å². The van der Waals surface area contributed by atoms with E-state index in [1.165, 1.54) is 0 Å². The number of ether oxygens (including phenoxy) is 1. The molecule has 47 heavy (non-hydrogen) atoms. The maximum atomic E-state index is 13.4. The number of rotatable bonds is 6. The first-order valence-corrected chi connectivity index (χ1v) is 16.8. The van der Waals surface area contributed by atoms with E-state index in [2.05, 4.69) is 40.1 Å². The second kappa shape index (κ2) is 13.4. The van der Waals surface area contributed by atoms with E-state index in [-0.39, 0.29) is 18.1 Å². The Morgan fingerprint density at radius 2 is 1.85 bits per heavy atom. The van der Waals surface area contributed by atoms with Gasteiger partial charge in [-0.25, -0.2) is 9.98 Å². The van der Waals surface area contributed by atoms with E-state index < -0.39 is 5.60 Å². The Morgan fingerprint density at radius 3 is 2.57 bits per heavy atom. The molecule has 5 heterocycles. The number of piperidine rings is 1. The number of nitrogens with zero attached hydrogens (tertiary/aromatic N) is 6. The fraction of sp³-hybridized carbons (Fsp3) is 0.351. The van der Waals surface area contributed by atoms with E-state index in [1.54, 1.807) is 6.20 Å². The van der Waals surface area contributed by atoms with E-state index in [1.807, 2.05) is 71.6 Å². The average Bonchev–Trinajstić information content (AvgIpc) is 3.12. The molecule has 2 fully saturated rings. The van der Waals surface area contributed by atoms with Gasteiger partial charge in [0.15, 0.2) is 5.84 Å². The number of pyridine rings is 1. The van der Waals surface area contributed by atoms with Crippen LogP contribution in [0.25, 0.3) is 0 Å². The largest absolute Gasteiger partial charge is 0.385 e. The second-order valence-electron chi connectivity index (χ2n) is 12.5. The lowest BCUT2D eigenvalue weighted by atomic mass is 9.84. The maximum absolute atomic E-state index is 13.4. The molecule has 9 nitrogen and oxygen atoms in total. The number of morpholine rings is 1. The minimum atomic E-state index is -0.880. The van der Waals surface area contributed by atoms with Crippen LogP contribution in [-0.4, -0.2) is 81.2 Å². The Hall–Kier alpha value is -4.31. The van der Waals surface area contributed by atoms with Crippen molar-refractivity contribution >= 4 is 34.9 Å². The summed E-state index contributed by atoms with van der Waals surface area (Å²) >= 11 is 6.09. The molecule has 1 amide bonds. The van der Waals surface area contributed by atoms with Crippen molar-refractivity contribution in [1.82, 2.24) is 19.7 Å². The van der Waals surface area contributed by atoms with Gasteiger partial charge in [0, 0.05) is 55.1 Å². The molecule has 3 aromatic rings. The second-order valence-corrected chi connectivity index (χ2v) is 12.9. The predicted molar refractivity (Wildman–Crippen MR) is 184 cm³/mol. The summed E-state index contributed by atoms with van der Waals surface area (Å²) in [6.45, 7) is 5.08. The number of benzene rings is 2. The number of fused-ring (bicyclic) bond motifs is 1. The van der Waals surface area contributed by atoms with Crippen molar-refractivity contribution in [2.75, 3.05) is 32.8 Å². The summed E-state index contributed by atoms with van der Waals surface area (Å²) in [6, 6.07) is 21.0. The van der Waals surface area contributed by atoms with Gasteiger partial charge in [0.25, 0.3) is 5.91 Å². The number of amidine groups is 2. The number of aromatic nitrogens is 1. The number of aliphatic imine (C=N–C) groups is 2. The Labute approximate surface area is 280 Å². The van der Waals surface area contributed by atoms with Crippen molar-refractivity contribution in [1.29, 1.82) is 0 Å². The smallest absolute Gasteiger partial charge is 0.254 e. The van der Waals surface area contributed by atoms with Gasteiger partial charge in [0.05, 0.1) is 35.8 Å². The zero-order valence-electron chi connectivity index (χ0n) is 26.5. The van der Waals surface area contributed by atoms with Crippen molar-refractivity contribution < 1.29 is 14.6 Å². The molecule has 1 N–H and O–H groups in total. The van der Waals surface area contributed by atoms with Gasteiger partial charge in [-0.1, -0.05) is 36.7 Å². The molecule has 0 aliphatic carbocycles. The van der Waals surface area contributed by atoms with E-state index in [0.717, 1.165) is 47.2 Å². The van der Waals surface area contributed by atoms with Crippen molar-refractivity contribution in [3.8, 4) is 0 Å². The highest BCUT2D eigenvalue weighted by molar-refractivity contribution is 6.30. The molecule has 4 aliphatic heterocycles. The number of aliphatic hydroxyl groups is 1. The molecule has 0 saturated carbocycles. The molecule has 4 aliphatic rings. The first kappa shape index (κ1) is 31.3. The fourth-order valence-corrected chi connectivity index (χ4v) is 6.93. The number of halogens is 1. The van der Waals surface area contributed by atoms with E-state index in [0.29, 0.717) is 56.2 Å². The van der Waals surface area contributed by atoms with Gasteiger partial charge in [0.1, 0.15) is 11.9 Å². The summed E-state index contributed by atoms with van der Waals surface area (Å²) in [4.78, 5) is 34.2. The van der Waals surface area contributed by atoms with Crippen LogP contribution in [0.2, 0.25) is 5.02 Å². The average molecular weight is 651 g/mol. The molecule has 2 aromatic carbocycles. The molecule has 10 heteroatoms. The molecule has 242 valence electrons. The molecule has 2 atom stereocenters. The van der Waals surface area contributed by atoms with Crippen LogP contribution in [0.15, 0.2) is 107 Å². The molecule has 0 bridgehead atoms. The lowest BCUT2D eigenvalue weighted by Gasteiger charge is -2.44. The lowest BCUT2D eigenvalue weighted by Crippen LogP contribution is -2.49. The van der Waals surface area contributed by atoms with Gasteiger partial charge in [0.2, 0.25) is 0 Å². The van der Waals surface area contributed by atoms with E-state index >= 15 is 0 Å². The van der Waals surface area contributed by atoms with Gasteiger partial charge < -0.3 is 24.5 Å². The zero-order chi connectivity index (χ0) is 32.4. The third kappa shape index (κ3) is 6.61. The summed E-state index contributed by atoms with van der Waals surface area (Å²) in [6.07, 6.45) is 10.7. The van der Waals surface area contributed by atoms with Gasteiger partial charge in [-0.3, -0.25) is 9.78 Å². The fourth-order valence-electron chi connectivity index (χ4n) is 6.81. The van der Waals surface area contributed by atoms with Crippen molar-refractivity contribution in [2.45, 2.75) is 50.4 Å². The zero-order valence-corrected chi connectivity index (χ0v) is 27.3. The quantitative estimate of drug-likeness (QED) is 0.339. The normalized spacial score (nSPS) is 23.3. The summed E-state index contributed by atoms with van der Waals surface area (Å²) in [5.41, 5.74) is 3.29. The van der Waals surface area contributed by atoms with Crippen molar-refractivity contribution in [2.24, 2.45) is 9.98 Å². The Kier molecular flexibility index (Phi) is 8.94. The number of amides is 1. The number of hydrogen-bond acceptors (Lipinski definition) is 7.